The van der Waals surface area contributed by atoms with Gasteiger partial charge in [0.05, 0.1) is 23.8 Å². The third-order valence-corrected chi connectivity index (χ3v) is 2.96. The van der Waals surface area contributed by atoms with Crippen LogP contribution in [-0.4, -0.2) is 14.6 Å². The molecule has 0 amide bonds. The molecule has 1 aromatic carbocycles. The first kappa shape index (κ1) is 10.7. The minimum atomic E-state index is -0.261. The average Bonchev–Trinajstić information content (AvgIpc) is 2.79. The van der Waals surface area contributed by atoms with E-state index in [-0.39, 0.29) is 5.82 Å². The second-order valence-corrected chi connectivity index (χ2v) is 4.10. The first-order valence-corrected chi connectivity index (χ1v) is 5.51. The number of nitrogens with zero attached hydrogens (tertiary/aromatic N) is 3. The Morgan fingerprint density at radius 1 is 1.17 bits per heavy atom. The molecule has 0 saturated heterocycles. The van der Waals surface area contributed by atoms with E-state index in [1.807, 2.05) is 6.92 Å². The van der Waals surface area contributed by atoms with Crippen LogP contribution in [0.3, 0.4) is 0 Å². The summed E-state index contributed by atoms with van der Waals surface area (Å²) >= 11 is 0. The molecule has 0 aliphatic carbocycles. The molecule has 90 valence electrons. The maximum atomic E-state index is 12.9. The molecule has 0 aliphatic heterocycles. The maximum Gasteiger partial charge on any atom is 0.163 e. The van der Waals surface area contributed by atoms with Crippen LogP contribution >= 0.6 is 0 Å². The van der Waals surface area contributed by atoms with E-state index in [1.54, 1.807) is 29.0 Å². The molecular weight excluding hydrogens is 231 g/mol. The van der Waals surface area contributed by atoms with Gasteiger partial charge in [0.1, 0.15) is 5.82 Å². The standard InChI is InChI=1S/C13H11FN4/c1-8-12(15)7-16-13-11(6-17-18(8)13)9-2-4-10(14)5-3-9/h2-7H,15H2,1H3. The van der Waals surface area contributed by atoms with E-state index in [2.05, 4.69) is 10.1 Å². The molecule has 5 heteroatoms. The number of hydrogen-bond donors (Lipinski definition) is 1. The molecule has 2 N–H and O–H groups in total. The fourth-order valence-corrected chi connectivity index (χ4v) is 1.89. The highest BCUT2D eigenvalue weighted by Gasteiger charge is 2.10. The van der Waals surface area contributed by atoms with E-state index in [4.69, 9.17) is 5.73 Å². The average molecular weight is 242 g/mol. The fraction of sp³-hybridized carbons (Fsp3) is 0.0769. The fourth-order valence-electron chi connectivity index (χ4n) is 1.89. The Balaban J connectivity index is 2.25. The topological polar surface area (TPSA) is 56.2 Å². The first-order valence-electron chi connectivity index (χ1n) is 5.51. The van der Waals surface area contributed by atoms with Crippen molar-refractivity contribution < 1.29 is 4.39 Å². The van der Waals surface area contributed by atoms with Crippen LogP contribution in [0.2, 0.25) is 0 Å². The van der Waals surface area contributed by atoms with Crippen LogP contribution in [0.1, 0.15) is 5.69 Å². The number of nitrogens with two attached hydrogens (primary N) is 1. The normalized spacial score (nSPS) is 11.0. The molecule has 0 saturated carbocycles. The van der Waals surface area contributed by atoms with E-state index < -0.39 is 0 Å². The Morgan fingerprint density at radius 2 is 1.89 bits per heavy atom. The monoisotopic (exact) mass is 242 g/mol. The molecule has 0 unspecified atom stereocenters. The summed E-state index contributed by atoms with van der Waals surface area (Å²) in [5.41, 5.74) is 9.67. The van der Waals surface area contributed by atoms with Crippen LogP contribution in [0.4, 0.5) is 10.1 Å². The van der Waals surface area contributed by atoms with Crippen molar-refractivity contribution in [2.45, 2.75) is 6.92 Å². The third kappa shape index (κ3) is 1.52. The van der Waals surface area contributed by atoms with Crippen LogP contribution in [0.5, 0.6) is 0 Å². The van der Waals surface area contributed by atoms with Gasteiger partial charge in [-0.25, -0.2) is 13.9 Å². The SMILES string of the molecule is Cc1c(N)cnc2c(-c3ccc(F)cc3)cnn12. The van der Waals surface area contributed by atoms with Gasteiger partial charge in [-0.2, -0.15) is 5.10 Å². The number of nitrogen functional groups attached to an aromatic ring is 1. The number of hydrogen-bond acceptors (Lipinski definition) is 3. The van der Waals surface area contributed by atoms with Crippen molar-refractivity contribution in [1.29, 1.82) is 0 Å². The summed E-state index contributed by atoms with van der Waals surface area (Å²) in [5.74, 6) is -0.261. The van der Waals surface area contributed by atoms with E-state index in [0.29, 0.717) is 11.3 Å². The lowest BCUT2D eigenvalue weighted by atomic mass is 10.1. The Morgan fingerprint density at radius 3 is 2.61 bits per heavy atom. The lowest BCUT2D eigenvalue weighted by Gasteiger charge is -2.03. The molecule has 0 spiro atoms. The highest BCUT2D eigenvalue weighted by molar-refractivity contribution is 5.77. The second-order valence-electron chi connectivity index (χ2n) is 4.10. The summed E-state index contributed by atoms with van der Waals surface area (Å²) in [6, 6.07) is 6.26. The number of anilines is 1. The molecular formula is C13H11FN4. The van der Waals surface area contributed by atoms with Crippen molar-refractivity contribution in [1.82, 2.24) is 14.6 Å². The van der Waals surface area contributed by atoms with Gasteiger partial charge in [0.25, 0.3) is 0 Å². The van der Waals surface area contributed by atoms with E-state index in [9.17, 15) is 4.39 Å². The zero-order chi connectivity index (χ0) is 12.7. The molecule has 2 aromatic heterocycles. The van der Waals surface area contributed by atoms with Crippen molar-refractivity contribution in [3.63, 3.8) is 0 Å². The van der Waals surface area contributed by atoms with Gasteiger partial charge in [-0.05, 0) is 24.6 Å². The summed E-state index contributed by atoms with van der Waals surface area (Å²) in [5, 5.41) is 4.26. The number of aromatic nitrogens is 3. The number of aryl methyl sites for hydroxylation is 1. The number of benzene rings is 1. The van der Waals surface area contributed by atoms with E-state index in [1.165, 1.54) is 12.1 Å². The van der Waals surface area contributed by atoms with Gasteiger partial charge >= 0.3 is 0 Å². The van der Waals surface area contributed by atoms with Crippen molar-refractivity contribution in [3.8, 4) is 11.1 Å². The first-order chi connectivity index (χ1) is 8.66. The molecule has 4 nitrogen and oxygen atoms in total. The molecule has 3 aromatic rings. The van der Waals surface area contributed by atoms with Gasteiger partial charge in [-0.15, -0.1) is 0 Å². The van der Waals surface area contributed by atoms with Crippen LogP contribution in [0, 0.1) is 12.7 Å². The highest BCUT2D eigenvalue weighted by atomic mass is 19.1. The summed E-state index contributed by atoms with van der Waals surface area (Å²) < 4.78 is 14.6. The van der Waals surface area contributed by atoms with Gasteiger partial charge in [-0.1, -0.05) is 12.1 Å². The zero-order valence-corrected chi connectivity index (χ0v) is 9.76. The summed E-state index contributed by atoms with van der Waals surface area (Å²) in [4.78, 5) is 4.28. The third-order valence-electron chi connectivity index (χ3n) is 2.96. The van der Waals surface area contributed by atoms with Crippen molar-refractivity contribution in [2.75, 3.05) is 5.73 Å². The van der Waals surface area contributed by atoms with Gasteiger partial charge in [0.2, 0.25) is 0 Å². The lowest BCUT2D eigenvalue weighted by Crippen LogP contribution is -2.00. The van der Waals surface area contributed by atoms with Crippen molar-refractivity contribution >= 4 is 11.3 Å². The number of rotatable bonds is 1. The summed E-state index contributed by atoms with van der Waals surface area (Å²) in [6.07, 6.45) is 3.32. The van der Waals surface area contributed by atoms with Crippen LogP contribution in [-0.2, 0) is 0 Å². The quantitative estimate of drug-likeness (QED) is 0.713. The Hall–Kier alpha value is -2.43. The molecule has 0 aliphatic rings. The summed E-state index contributed by atoms with van der Waals surface area (Å²) in [6.45, 7) is 1.88. The largest absolute Gasteiger partial charge is 0.396 e. The zero-order valence-electron chi connectivity index (χ0n) is 9.76. The van der Waals surface area contributed by atoms with Crippen LogP contribution < -0.4 is 5.73 Å². The predicted octanol–water partition coefficient (Wildman–Crippen LogP) is 2.43. The van der Waals surface area contributed by atoms with E-state index >= 15 is 0 Å². The smallest absolute Gasteiger partial charge is 0.163 e. The Labute approximate surface area is 103 Å². The minimum absolute atomic E-state index is 0.261. The van der Waals surface area contributed by atoms with Gasteiger partial charge in [0, 0.05) is 5.56 Å². The Bertz CT molecular complexity index is 716. The highest BCUT2D eigenvalue weighted by Crippen LogP contribution is 2.25. The number of halogens is 1. The molecule has 2 heterocycles. The molecule has 0 fully saturated rings. The molecule has 3 rings (SSSR count). The van der Waals surface area contributed by atoms with Crippen molar-refractivity contribution in [2.24, 2.45) is 0 Å². The molecule has 18 heavy (non-hydrogen) atoms. The van der Waals surface area contributed by atoms with Crippen LogP contribution in [0.25, 0.3) is 16.8 Å². The predicted molar refractivity (Wildman–Crippen MR) is 67.5 cm³/mol. The lowest BCUT2D eigenvalue weighted by molar-refractivity contribution is 0.628. The van der Waals surface area contributed by atoms with Gasteiger partial charge in [0.15, 0.2) is 5.65 Å². The second kappa shape index (κ2) is 3.80. The van der Waals surface area contributed by atoms with E-state index in [0.717, 1.165) is 16.8 Å². The maximum absolute atomic E-state index is 12.9. The van der Waals surface area contributed by atoms with Gasteiger partial charge in [-0.3, -0.25) is 0 Å². The van der Waals surface area contributed by atoms with Gasteiger partial charge < -0.3 is 5.73 Å². The molecule has 0 radical (unpaired) electrons. The summed E-state index contributed by atoms with van der Waals surface area (Å²) in [7, 11) is 0. The van der Waals surface area contributed by atoms with Crippen LogP contribution in [0.15, 0.2) is 36.7 Å². The molecule has 0 bridgehead atoms. The molecule has 0 atom stereocenters. The Kier molecular flexibility index (Phi) is 2.26. The minimum Gasteiger partial charge on any atom is -0.396 e. The van der Waals surface area contributed by atoms with Crippen molar-refractivity contribution in [3.05, 3.63) is 48.2 Å². The number of fused-ring (bicyclic) bond motifs is 1.